The molecule has 2 aromatic carbocycles. The maximum atomic E-state index is 12.7. The fourth-order valence-corrected chi connectivity index (χ4v) is 2.01. The first kappa shape index (κ1) is 14.4. The van der Waals surface area contributed by atoms with Crippen LogP contribution in [0, 0.1) is 0 Å². The zero-order chi connectivity index (χ0) is 14.9. The van der Waals surface area contributed by atoms with E-state index in [0.717, 1.165) is 23.8 Å². The quantitative estimate of drug-likeness (QED) is 0.801. The summed E-state index contributed by atoms with van der Waals surface area (Å²) in [5, 5.41) is 9.82. The average Bonchev–Trinajstić information content (AvgIpc) is 2.38. The van der Waals surface area contributed by atoms with E-state index in [1.54, 1.807) is 18.2 Å². The summed E-state index contributed by atoms with van der Waals surface area (Å²) in [5.74, 6) is 0.113. The molecule has 0 aliphatic carbocycles. The maximum Gasteiger partial charge on any atom is 0.416 e. The molecule has 0 atom stereocenters. The minimum atomic E-state index is -4.42. The standard InChI is InChI=1S/C16H15F3O/c1-10(2)11-4-3-5-12(8-11)14-9-13(16(17,18)19)6-7-15(14)20/h3-10,20H,1-2H3. The molecule has 0 saturated heterocycles. The summed E-state index contributed by atoms with van der Waals surface area (Å²) in [6.45, 7) is 4.01. The Kier molecular flexibility index (Phi) is 3.75. The minimum Gasteiger partial charge on any atom is -0.507 e. The van der Waals surface area contributed by atoms with E-state index < -0.39 is 11.7 Å². The van der Waals surface area contributed by atoms with E-state index in [9.17, 15) is 18.3 Å². The molecular formula is C16H15F3O. The van der Waals surface area contributed by atoms with Gasteiger partial charge in [0.1, 0.15) is 5.75 Å². The third-order valence-electron chi connectivity index (χ3n) is 3.19. The van der Waals surface area contributed by atoms with Crippen LogP contribution in [0.4, 0.5) is 13.2 Å². The van der Waals surface area contributed by atoms with Crippen molar-refractivity contribution < 1.29 is 18.3 Å². The van der Waals surface area contributed by atoms with E-state index in [4.69, 9.17) is 0 Å². The van der Waals surface area contributed by atoms with Crippen LogP contribution < -0.4 is 0 Å². The Balaban J connectivity index is 2.54. The van der Waals surface area contributed by atoms with Crippen LogP contribution in [0.25, 0.3) is 11.1 Å². The van der Waals surface area contributed by atoms with E-state index in [1.165, 1.54) is 0 Å². The van der Waals surface area contributed by atoms with Gasteiger partial charge in [0.2, 0.25) is 0 Å². The minimum absolute atomic E-state index is 0.154. The van der Waals surface area contributed by atoms with E-state index >= 15 is 0 Å². The highest BCUT2D eigenvalue weighted by Crippen LogP contribution is 2.37. The number of benzene rings is 2. The van der Waals surface area contributed by atoms with Crippen LogP contribution in [0.5, 0.6) is 5.75 Å². The van der Waals surface area contributed by atoms with Gasteiger partial charge < -0.3 is 5.11 Å². The average molecular weight is 280 g/mol. The number of alkyl halides is 3. The Hall–Kier alpha value is -1.97. The molecule has 0 aliphatic rings. The fraction of sp³-hybridized carbons (Fsp3) is 0.250. The topological polar surface area (TPSA) is 20.2 Å². The largest absolute Gasteiger partial charge is 0.507 e. The Labute approximate surface area is 115 Å². The molecule has 1 N–H and O–H groups in total. The van der Waals surface area contributed by atoms with Crippen molar-refractivity contribution in [3.63, 3.8) is 0 Å². The second-order valence-corrected chi connectivity index (χ2v) is 5.01. The van der Waals surface area contributed by atoms with Gasteiger partial charge in [0.05, 0.1) is 5.56 Å². The summed E-state index contributed by atoms with van der Waals surface area (Å²) in [5.41, 5.74) is 1.03. The van der Waals surface area contributed by atoms with Crippen LogP contribution in [0.15, 0.2) is 42.5 Å². The second-order valence-electron chi connectivity index (χ2n) is 5.01. The Morgan fingerprint density at radius 3 is 2.30 bits per heavy atom. The summed E-state index contributed by atoms with van der Waals surface area (Å²) in [4.78, 5) is 0. The molecule has 0 radical (unpaired) electrons. The lowest BCUT2D eigenvalue weighted by molar-refractivity contribution is -0.137. The van der Waals surface area contributed by atoms with Gasteiger partial charge >= 0.3 is 6.18 Å². The Morgan fingerprint density at radius 1 is 1.00 bits per heavy atom. The predicted octanol–water partition coefficient (Wildman–Crippen LogP) is 5.20. The molecule has 4 heteroatoms. The van der Waals surface area contributed by atoms with Crippen LogP contribution in [0.1, 0.15) is 30.9 Å². The molecule has 0 spiro atoms. The summed E-state index contributed by atoms with van der Waals surface area (Å²) >= 11 is 0. The van der Waals surface area contributed by atoms with Gasteiger partial charge in [0.25, 0.3) is 0 Å². The van der Waals surface area contributed by atoms with Gasteiger partial charge in [-0.15, -0.1) is 0 Å². The van der Waals surface area contributed by atoms with Crippen LogP contribution in [0.3, 0.4) is 0 Å². The second kappa shape index (κ2) is 5.19. The first-order valence-electron chi connectivity index (χ1n) is 6.29. The first-order chi connectivity index (χ1) is 9.29. The number of hydrogen-bond donors (Lipinski definition) is 1. The molecule has 0 unspecified atom stereocenters. The van der Waals surface area contributed by atoms with Gasteiger partial charge in [-0.1, -0.05) is 38.1 Å². The van der Waals surface area contributed by atoms with Crippen molar-refractivity contribution >= 4 is 0 Å². The van der Waals surface area contributed by atoms with Gasteiger partial charge in [-0.2, -0.15) is 13.2 Å². The number of aromatic hydroxyl groups is 1. The van der Waals surface area contributed by atoms with Gasteiger partial charge in [-0.25, -0.2) is 0 Å². The molecule has 0 aromatic heterocycles. The molecule has 0 saturated carbocycles. The number of hydrogen-bond acceptors (Lipinski definition) is 1. The van der Waals surface area contributed by atoms with Gasteiger partial charge in [0, 0.05) is 5.56 Å². The molecule has 0 bridgehead atoms. The Bertz CT molecular complexity index is 615. The maximum absolute atomic E-state index is 12.7. The van der Waals surface area contributed by atoms with Crippen molar-refractivity contribution in [1.29, 1.82) is 0 Å². The third-order valence-corrected chi connectivity index (χ3v) is 3.19. The third kappa shape index (κ3) is 2.95. The number of phenolic OH excluding ortho intramolecular Hbond substituents is 1. The van der Waals surface area contributed by atoms with Crippen molar-refractivity contribution in [3.05, 3.63) is 53.6 Å². The molecule has 0 heterocycles. The van der Waals surface area contributed by atoms with Gasteiger partial charge in [-0.05, 0) is 35.2 Å². The molecule has 0 amide bonds. The molecule has 2 rings (SSSR count). The lowest BCUT2D eigenvalue weighted by atomic mass is 9.96. The first-order valence-corrected chi connectivity index (χ1v) is 6.29. The highest BCUT2D eigenvalue weighted by atomic mass is 19.4. The monoisotopic (exact) mass is 280 g/mol. The normalized spacial score (nSPS) is 11.9. The predicted molar refractivity (Wildman–Crippen MR) is 72.6 cm³/mol. The zero-order valence-electron chi connectivity index (χ0n) is 11.2. The molecule has 20 heavy (non-hydrogen) atoms. The molecule has 1 nitrogen and oxygen atoms in total. The van der Waals surface area contributed by atoms with Crippen LogP contribution in [0.2, 0.25) is 0 Å². The van der Waals surface area contributed by atoms with Crippen molar-refractivity contribution in [1.82, 2.24) is 0 Å². The molecule has 2 aromatic rings. The number of halogens is 3. The van der Waals surface area contributed by atoms with Crippen molar-refractivity contribution in [2.45, 2.75) is 25.9 Å². The zero-order valence-corrected chi connectivity index (χ0v) is 11.2. The van der Waals surface area contributed by atoms with Crippen LogP contribution in [-0.4, -0.2) is 5.11 Å². The fourth-order valence-electron chi connectivity index (χ4n) is 2.01. The summed E-state index contributed by atoms with van der Waals surface area (Å²) in [7, 11) is 0. The van der Waals surface area contributed by atoms with Gasteiger partial charge in [0.15, 0.2) is 0 Å². The van der Waals surface area contributed by atoms with E-state index in [2.05, 4.69) is 0 Å². The number of rotatable bonds is 2. The lowest BCUT2D eigenvalue weighted by Gasteiger charge is -2.12. The summed E-state index contributed by atoms with van der Waals surface area (Å²) in [6, 6.07) is 10.1. The molecule has 106 valence electrons. The number of phenols is 1. The summed E-state index contributed by atoms with van der Waals surface area (Å²) in [6.07, 6.45) is -4.42. The Morgan fingerprint density at radius 2 is 1.70 bits per heavy atom. The van der Waals surface area contributed by atoms with Crippen molar-refractivity contribution in [3.8, 4) is 16.9 Å². The smallest absolute Gasteiger partial charge is 0.416 e. The van der Waals surface area contributed by atoms with E-state index in [0.29, 0.717) is 5.56 Å². The molecule has 0 aliphatic heterocycles. The van der Waals surface area contributed by atoms with E-state index in [1.807, 2.05) is 19.9 Å². The van der Waals surface area contributed by atoms with Crippen molar-refractivity contribution in [2.24, 2.45) is 0 Å². The summed E-state index contributed by atoms with van der Waals surface area (Å²) < 4.78 is 38.2. The van der Waals surface area contributed by atoms with Crippen LogP contribution >= 0.6 is 0 Å². The highest BCUT2D eigenvalue weighted by molar-refractivity contribution is 5.71. The van der Waals surface area contributed by atoms with E-state index in [-0.39, 0.29) is 17.2 Å². The molecule has 0 fully saturated rings. The molecular weight excluding hydrogens is 265 g/mol. The van der Waals surface area contributed by atoms with Gasteiger partial charge in [-0.3, -0.25) is 0 Å². The highest BCUT2D eigenvalue weighted by Gasteiger charge is 2.31. The van der Waals surface area contributed by atoms with Crippen LogP contribution in [-0.2, 0) is 6.18 Å². The lowest BCUT2D eigenvalue weighted by Crippen LogP contribution is -2.04. The SMILES string of the molecule is CC(C)c1cccc(-c2cc(C(F)(F)F)ccc2O)c1. The van der Waals surface area contributed by atoms with Crippen molar-refractivity contribution in [2.75, 3.05) is 0 Å².